The van der Waals surface area contributed by atoms with Crippen molar-refractivity contribution in [3.63, 3.8) is 0 Å². The van der Waals surface area contributed by atoms with Crippen LogP contribution in [0.25, 0.3) is 0 Å². The molecule has 2 saturated heterocycles. The van der Waals surface area contributed by atoms with Gasteiger partial charge in [-0.15, -0.1) is 11.3 Å². The molecule has 3 heterocycles. The number of likely N-dealkylation sites (tertiary alicyclic amines) is 2. The third-order valence-electron chi connectivity index (χ3n) is 6.11. The van der Waals surface area contributed by atoms with Gasteiger partial charge >= 0.3 is 0 Å². The number of carbonyl (C=O) groups is 1. The first-order valence-electron chi connectivity index (χ1n) is 9.32. The Kier molecular flexibility index (Phi) is 4.52. The summed E-state index contributed by atoms with van der Waals surface area (Å²) >= 11 is 1.65. The van der Waals surface area contributed by atoms with E-state index in [2.05, 4.69) is 25.5 Å². The second kappa shape index (κ2) is 6.64. The third kappa shape index (κ3) is 3.06. The van der Waals surface area contributed by atoms with Crippen LogP contribution in [0.15, 0.2) is 5.38 Å². The van der Waals surface area contributed by atoms with Gasteiger partial charge in [0.1, 0.15) is 0 Å². The first-order valence-corrected chi connectivity index (χ1v) is 10.2. The molecule has 1 saturated carbocycles. The lowest BCUT2D eigenvalue weighted by atomic mass is 9.77. The van der Waals surface area contributed by atoms with Crippen LogP contribution in [0.2, 0.25) is 0 Å². The van der Waals surface area contributed by atoms with E-state index in [9.17, 15) is 4.79 Å². The van der Waals surface area contributed by atoms with E-state index in [0.29, 0.717) is 5.91 Å². The van der Waals surface area contributed by atoms with Gasteiger partial charge in [0.15, 0.2) is 5.13 Å². The number of nitrogens with one attached hydrogen (secondary N) is 1. The minimum absolute atomic E-state index is 0.107. The number of anilines is 1. The lowest BCUT2D eigenvalue weighted by Crippen LogP contribution is -2.51. The molecule has 24 heavy (non-hydrogen) atoms. The second-order valence-electron chi connectivity index (χ2n) is 7.79. The molecule has 1 atom stereocenters. The molecule has 3 fully saturated rings. The highest BCUT2D eigenvalue weighted by atomic mass is 32.1. The number of thiazole rings is 1. The van der Waals surface area contributed by atoms with Crippen molar-refractivity contribution in [2.75, 3.05) is 38.5 Å². The normalized spacial score (nSPS) is 28.5. The quantitative estimate of drug-likeness (QED) is 0.889. The minimum Gasteiger partial charge on any atom is -0.365 e. The maximum absolute atomic E-state index is 13.1. The van der Waals surface area contributed by atoms with Crippen molar-refractivity contribution in [2.45, 2.75) is 45.1 Å². The van der Waals surface area contributed by atoms with Crippen molar-refractivity contribution in [1.29, 1.82) is 0 Å². The Balaban J connectivity index is 1.38. The van der Waals surface area contributed by atoms with Crippen LogP contribution in [0.3, 0.4) is 0 Å². The predicted octanol–water partition coefficient (Wildman–Crippen LogP) is 2.80. The Labute approximate surface area is 148 Å². The lowest BCUT2D eigenvalue weighted by molar-refractivity contribution is -0.146. The zero-order valence-corrected chi connectivity index (χ0v) is 15.4. The van der Waals surface area contributed by atoms with Crippen LogP contribution in [0.5, 0.6) is 0 Å². The Morgan fingerprint density at radius 1 is 1.33 bits per heavy atom. The first-order chi connectivity index (χ1) is 11.7. The van der Waals surface area contributed by atoms with Gasteiger partial charge in [0.2, 0.25) is 5.91 Å². The average molecular weight is 349 g/mol. The number of piperidine rings is 1. The molecule has 1 aromatic rings. The average Bonchev–Trinajstić information content (AvgIpc) is 3.15. The maximum Gasteiger partial charge on any atom is 0.230 e. The molecule has 0 bridgehead atoms. The summed E-state index contributed by atoms with van der Waals surface area (Å²) in [6.45, 7) is 4.80. The van der Waals surface area contributed by atoms with Gasteiger partial charge in [-0.3, -0.25) is 9.69 Å². The van der Waals surface area contributed by atoms with Gasteiger partial charge in [-0.2, -0.15) is 0 Å². The van der Waals surface area contributed by atoms with Gasteiger partial charge in [0.05, 0.1) is 11.1 Å². The number of carbonyl (C=O) groups excluding carboxylic acids is 1. The molecule has 1 spiro atoms. The van der Waals surface area contributed by atoms with E-state index >= 15 is 0 Å². The molecule has 2 aliphatic heterocycles. The van der Waals surface area contributed by atoms with Gasteiger partial charge in [0.25, 0.3) is 0 Å². The molecule has 6 heteroatoms. The van der Waals surface area contributed by atoms with Crippen LogP contribution in [0.1, 0.15) is 44.2 Å². The summed E-state index contributed by atoms with van der Waals surface area (Å²) in [5.41, 5.74) is 1.01. The Bertz CT molecular complexity index is 600. The van der Waals surface area contributed by atoms with Crippen molar-refractivity contribution in [3.8, 4) is 0 Å². The van der Waals surface area contributed by atoms with Crippen LogP contribution in [0.4, 0.5) is 5.13 Å². The van der Waals surface area contributed by atoms with Gasteiger partial charge in [-0.25, -0.2) is 4.98 Å². The predicted molar refractivity (Wildman–Crippen MR) is 97.1 cm³/mol. The van der Waals surface area contributed by atoms with Crippen molar-refractivity contribution in [3.05, 3.63) is 11.1 Å². The van der Waals surface area contributed by atoms with E-state index < -0.39 is 0 Å². The first kappa shape index (κ1) is 16.3. The summed E-state index contributed by atoms with van der Waals surface area (Å²) in [7, 11) is 1.91. The summed E-state index contributed by atoms with van der Waals surface area (Å²) in [6.07, 6.45) is 7.26. The number of aromatic nitrogens is 1. The molecule has 132 valence electrons. The zero-order valence-electron chi connectivity index (χ0n) is 14.6. The van der Waals surface area contributed by atoms with Crippen LogP contribution in [-0.4, -0.2) is 53.9 Å². The molecule has 1 aliphatic carbocycles. The largest absolute Gasteiger partial charge is 0.365 e. The monoisotopic (exact) mass is 348 g/mol. The summed E-state index contributed by atoms with van der Waals surface area (Å²) in [6, 6.07) is 0. The van der Waals surface area contributed by atoms with Crippen LogP contribution in [-0.2, 0) is 11.3 Å². The van der Waals surface area contributed by atoms with Crippen LogP contribution in [0, 0.1) is 11.3 Å². The van der Waals surface area contributed by atoms with Crippen molar-refractivity contribution in [1.82, 2.24) is 14.8 Å². The van der Waals surface area contributed by atoms with Gasteiger partial charge in [-0.05, 0) is 44.6 Å². The molecule has 1 amide bonds. The molecule has 5 nitrogen and oxygen atoms in total. The lowest BCUT2D eigenvalue weighted by Gasteiger charge is -2.42. The van der Waals surface area contributed by atoms with Gasteiger partial charge in [0, 0.05) is 38.6 Å². The number of hydrogen-bond donors (Lipinski definition) is 1. The van der Waals surface area contributed by atoms with Crippen molar-refractivity contribution in [2.24, 2.45) is 11.3 Å². The van der Waals surface area contributed by atoms with Crippen molar-refractivity contribution >= 4 is 22.4 Å². The number of rotatable bonds is 5. The molecular weight excluding hydrogens is 320 g/mol. The van der Waals surface area contributed by atoms with E-state index in [0.717, 1.165) is 62.3 Å². The highest BCUT2D eigenvalue weighted by molar-refractivity contribution is 7.13. The molecule has 0 aromatic carbocycles. The number of nitrogens with zero attached hydrogens (tertiary/aromatic N) is 3. The molecule has 0 radical (unpaired) electrons. The SMILES string of the molecule is CNc1nc(CN2CCC3(CCCN(CC4CCC4)C3=O)C2)cs1. The second-order valence-corrected chi connectivity index (χ2v) is 8.64. The highest BCUT2D eigenvalue weighted by Gasteiger charge is 2.48. The molecule has 3 aliphatic rings. The van der Waals surface area contributed by atoms with E-state index in [1.165, 1.54) is 25.7 Å². The third-order valence-corrected chi connectivity index (χ3v) is 7.02. The Morgan fingerprint density at radius 2 is 2.21 bits per heavy atom. The minimum atomic E-state index is -0.107. The highest BCUT2D eigenvalue weighted by Crippen LogP contribution is 2.41. The van der Waals surface area contributed by atoms with Crippen molar-refractivity contribution < 1.29 is 4.79 Å². The van der Waals surface area contributed by atoms with Crippen LogP contribution < -0.4 is 5.32 Å². The van der Waals surface area contributed by atoms with Gasteiger partial charge < -0.3 is 10.2 Å². The molecular formula is C18H28N4OS. The standard InChI is InChI=1S/C18H28N4OS/c1-19-17-20-15(12-24-17)11-21-9-7-18(13-21)6-3-8-22(16(18)23)10-14-4-2-5-14/h12,14H,2-11,13H2,1H3,(H,19,20). The fourth-order valence-electron chi connectivity index (χ4n) is 4.51. The Morgan fingerprint density at radius 3 is 2.92 bits per heavy atom. The summed E-state index contributed by atoms with van der Waals surface area (Å²) in [5, 5.41) is 6.20. The number of hydrogen-bond acceptors (Lipinski definition) is 5. The molecule has 1 aromatic heterocycles. The van der Waals surface area contributed by atoms with Gasteiger partial charge in [-0.1, -0.05) is 6.42 Å². The molecule has 1 N–H and O–H groups in total. The fraction of sp³-hybridized carbons (Fsp3) is 0.778. The van der Waals surface area contributed by atoms with Crippen LogP contribution >= 0.6 is 11.3 Å². The number of amides is 1. The summed E-state index contributed by atoms with van der Waals surface area (Å²) < 4.78 is 0. The summed E-state index contributed by atoms with van der Waals surface area (Å²) in [5.74, 6) is 1.22. The van der Waals surface area contributed by atoms with E-state index in [4.69, 9.17) is 0 Å². The Hall–Kier alpha value is -1.14. The van der Waals surface area contributed by atoms with E-state index in [1.54, 1.807) is 11.3 Å². The molecule has 1 unspecified atom stereocenters. The summed E-state index contributed by atoms with van der Waals surface area (Å²) in [4.78, 5) is 22.4. The van der Waals surface area contributed by atoms with E-state index in [-0.39, 0.29) is 5.41 Å². The van der Waals surface area contributed by atoms with E-state index in [1.807, 2.05) is 7.05 Å². The zero-order chi connectivity index (χ0) is 16.6. The fourth-order valence-corrected chi connectivity index (χ4v) is 5.17. The topological polar surface area (TPSA) is 48.5 Å². The maximum atomic E-state index is 13.1. The smallest absolute Gasteiger partial charge is 0.230 e. The molecule has 4 rings (SSSR count).